The minimum absolute atomic E-state index is 0. The van der Waals surface area contributed by atoms with Crippen LogP contribution in [0.5, 0.6) is 0 Å². The van der Waals surface area contributed by atoms with Crippen molar-refractivity contribution in [3.63, 3.8) is 0 Å². The van der Waals surface area contributed by atoms with Crippen LogP contribution in [-0.2, 0) is 10.0 Å². The van der Waals surface area contributed by atoms with Crippen molar-refractivity contribution in [2.45, 2.75) is 4.90 Å². The summed E-state index contributed by atoms with van der Waals surface area (Å²) in [6, 6.07) is 7.89. The Hall–Kier alpha value is -0.910. The van der Waals surface area contributed by atoms with E-state index in [-0.39, 0.29) is 10.4 Å². The lowest BCUT2D eigenvalue weighted by molar-refractivity contribution is 0.598. The first-order valence-corrected chi connectivity index (χ1v) is 4.23. The molecule has 0 saturated carbocycles. The van der Waals surface area contributed by atoms with Gasteiger partial charge in [0.25, 0.3) is 0 Å². The quantitative estimate of drug-likeness (QED) is 0.623. The maximum Gasteiger partial charge on any atom is 0.238 e. The Bertz CT molecular complexity index is 306. The molecule has 0 bridgehead atoms. The highest BCUT2D eigenvalue weighted by atomic mass is 32.2. The first kappa shape index (κ1) is 10.1. The number of nitrogens with two attached hydrogens (primary N) is 1. The molecule has 0 fully saturated rings. The lowest BCUT2D eigenvalue weighted by Crippen LogP contribution is -2.11. The lowest BCUT2D eigenvalue weighted by Gasteiger charge is -1.93. The van der Waals surface area contributed by atoms with Crippen molar-refractivity contribution in [1.29, 1.82) is 0 Å². The van der Waals surface area contributed by atoms with Crippen LogP contribution in [-0.4, -0.2) is 13.9 Å². The topological polar surface area (TPSA) is 91.7 Å². The highest BCUT2D eigenvalue weighted by molar-refractivity contribution is 7.89. The molecular formula is C6H9NO3S. The third-order valence-electron chi connectivity index (χ3n) is 1.07. The summed E-state index contributed by atoms with van der Waals surface area (Å²) in [5, 5.41) is 4.83. The normalized spacial score (nSPS) is 10.3. The molecule has 62 valence electrons. The molecule has 0 saturated heterocycles. The van der Waals surface area contributed by atoms with E-state index in [1.807, 2.05) is 0 Å². The number of hydrogen-bond acceptors (Lipinski definition) is 2. The van der Waals surface area contributed by atoms with Gasteiger partial charge in [-0.2, -0.15) is 0 Å². The third kappa shape index (κ3) is 2.67. The third-order valence-corrected chi connectivity index (χ3v) is 2.00. The van der Waals surface area contributed by atoms with Crippen molar-refractivity contribution in [2.75, 3.05) is 0 Å². The van der Waals surface area contributed by atoms with Crippen LogP contribution in [0.25, 0.3) is 0 Å². The van der Waals surface area contributed by atoms with Gasteiger partial charge < -0.3 is 5.48 Å². The van der Waals surface area contributed by atoms with E-state index in [2.05, 4.69) is 0 Å². The molecule has 1 aromatic rings. The molecule has 0 unspecified atom stereocenters. The predicted octanol–water partition coefficient (Wildman–Crippen LogP) is -0.491. The second-order valence-corrected chi connectivity index (χ2v) is 3.42. The second-order valence-electron chi connectivity index (χ2n) is 1.86. The van der Waals surface area contributed by atoms with Crippen LogP contribution < -0.4 is 5.14 Å². The van der Waals surface area contributed by atoms with Gasteiger partial charge in [0.05, 0.1) is 4.90 Å². The molecule has 0 amide bonds. The zero-order chi connectivity index (χ0) is 7.61. The predicted molar refractivity (Wildman–Crippen MR) is 41.4 cm³/mol. The van der Waals surface area contributed by atoms with Gasteiger partial charge in [0, 0.05) is 0 Å². The number of rotatable bonds is 1. The van der Waals surface area contributed by atoms with Crippen LogP contribution in [0.15, 0.2) is 35.2 Å². The second kappa shape index (κ2) is 3.47. The summed E-state index contributed by atoms with van der Waals surface area (Å²) >= 11 is 0. The summed E-state index contributed by atoms with van der Waals surface area (Å²) in [6.07, 6.45) is 0. The van der Waals surface area contributed by atoms with Gasteiger partial charge >= 0.3 is 0 Å². The Balaban J connectivity index is 0.000001000. The van der Waals surface area contributed by atoms with E-state index < -0.39 is 10.0 Å². The number of sulfonamides is 1. The lowest BCUT2D eigenvalue weighted by atomic mass is 10.4. The Morgan fingerprint density at radius 2 is 1.55 bits per heavy atom. The molecule has 0 heterocycles. The van der Waals surface area contributed by atoms with E-state index >= 15 is 0 Å². The molecule has 0 aliphatic carbocycles. The molecule has 1 aromatic carbocycles. The first-order valence-electron chi connectivity index (χ1n) is 2.68. The van der Waals surface area contributed by atoms with Crippen LogP contribution in [0, 0.1) is 0 Å². The van der Waals surface area contributed by atoms with E-state index in [1.165, 1.54) is 12.1 Å². The maximum absolute atomic E-state index is 10.6. The fraction of sp³-hybridized carbons (Fsp3) is 0. The van der Waals surface area contributed by atoms with E-state index in [0.29, 0.717) is 0 Å². The van der Waals surface area contributed by atoms with Crippen molar-refractivity contribution >= 4 is 10.0 Å². The molecule has 5 heteroatoms. The van der Waals surface area contributed by atoms with E-state index in [9.17, 15) is 8.42 Å². The SMILES string of the molecule is NS(=O)(=O)c1ccccc1.O. The molecular weight excluding hydrogens is 166 g/mol. The Kier molecular flexibility index (Phi) is 3.18. The molecule has 0 aromatic heterocycles. The summed E-state index contributed by atoms with van der Waals surface area (Å²) in [4.78, 5) is 0.148. The summed E-state index contributed by atoms with van der Waals surface area (Å²) in [5.74, 6) is 0. The minimum Gasteiger partial charge on any atom is -0.412 e. The molecule has 0 aliphatic heterocycles. The van der Waals surface area contributed by atoms with Gasteiger partial charge in [-0.1, -0.05) is 18.2 Å². The monoisotopic (exact) mass is 175 g/mol. The number of hydrogen-bond donors (Lipinski definition) is 1. The van der Waals surface area contributed by atoms with Crippen LogP contribution >= 0.6 is 0 Å². The minimum atomic E-state index is -3.50. The zero-order valence-electron chi connectivity index (χ0n) is 5.69. The highest BCUT2D eigenvalue weighted by Gasteiger charge is 2.03. The van der Waals surface area contributed by atoms with Crippen molar-refractivity contribution in [3.8, 4) is 0 Å². The van der Waals surface area contributed by atoms with Crippen molar-refractivity contribution < 1.29 is 13.9 Å². The number of benzene rings is 1. The Morgan fingerprint density at radius 1 is 1.09 bits per heavy atom. The number of primary sulfonamides is 1. The van der Waals surface area contributed by atoms with Crippen molar-refractivity contribution in [1.82, 2.24) is 0 Å². The van der Waals surface area contributed by atoms with Gasteiger partial charge in [0.2, 0.25) is 10.0 Å². The van der Waals surface area contributed by atoms with Crippen LogP contribution in [0.3, 0.4) is 0 Å². The first-order chi connectivity index (χ1) is 4.61. The summed E-state index contributed by atoms with van der Waals surface area (Å²) in [5.41, 5.74) is 0. The fourth-order valence-corrected chi connectivity index (χ4v) is 1.15. The fourth-order valence-electron chi connectivity index (χ4n) is 0.610. The van der Waals surface area contributed by atoms with Gasteiger partial charge in [0.1, 0.15) is 0 Å². The summed E-state index contributed by atoms with van der Waals surface area (Å²) in [7, 11) is -3.50. The van der Waals surface area contributed by atoms with E-state index in [4.69, 9.17) is 5.14 Å². The maximum atomic E-state index is 10.6. The molecule has 4 nitrogen and oxygen atoms in total. The summed E-state index contributed by atoms with van der Waals surface area (Å²) in [6.45, 7) is 0. The van der Waals surface area contributed by atoms with Gasteiger partial charge in [-0.05, 0) is 12.1 Å². The molecule has 11 heavy (non-hydrogen) atoms. The highest BCUT2D eigenvalue weighted by Crippen LogP contribution is 2.02. The summed E-state index contributed by atoms with van der Waals surface area (Å²) < 4.78 is 21.2. The van der Waals surface area contributed by atoms with Gasteiger partial charge in [-0.15, -0.1) is 0 Å². The van der Waals surface area contributed by atoms with Crippen LogP contribution in [0.1, 0.15) is 0 Å². The average Bonchev–Trinajstić information content (AvgIpc) is 1.88. The molecule has 0 atom stereocenters. The molecule has 0 spiro atoms. The van der Waals surface area contributed by atoms with Gasteiger partial charge in [-0.25, -0.2) is 13.6 Å². The van der Waals surface area contributed by atoms with Crippen LogP contribution in [0.4, 0.5) is 0 Å². The standard InChI is InChI=1S/C6H7NO2S.H2O/c7-10(8,9)6-4-2-1-3-5-6;/h1-5H,(H2,7,8,9);1H2. The van der Waals surface area contributed by atoms with Gasteiger partial charge in [-0.3, -0.25) is 0 Å². The van der Waals surface area contributed by atoms with Crippen LogP contribution in [0.2, 0.25) is 0 Å². The Morgan fingerprint density at radius 3 is 1.82 bits per heavy atom. The molecule has 1 rings (SSSR count). The molecule has 0 aliphatic rings. The largest absolute Gasteiger partial charge is 0.412 e. The average molecular weight is 175 g/mol. The van der Waals surface area contributed by atoms with E-state index in [1.54, 1.807) is 18.2 Å². The Labute approximate surface area is 65.0 Å². The van der Waals surface area contributed by atoms with Crippen molar-refractivity contribution in [3.05, 3.63) is 30.3 Å². The van der Waals surface area contributed by atoms with Crippen molar-refractivity contribution in [2.24, 2.45) is 5.14 Å². The zero-order valence-corrected chi connectivity index (χ0v) is 6.51. The molecule has 0 radical (unpaired) electrons. The van der Waals surface area contributed by atoms with Gasteiger partial charge in [0.15, 0.2) is 0 Å². The smallest absolute Gasteiger partial charge is 0.238 e. The molecule has 4 N–H and O–H groups in total. The van der Waals surface area contributed by atoms with E-state index in [0.717, 1.165) is 0 Å².